The van der Waals surface area contributed by atoms with Gasteiger partial charge in [-0.3, -0.25) is 9.36 Å². The van der Waals surface area contributed by atoms with Gasteiger partial charge >= 0.3 is 5.97 Å². The molecule has 0 radical (unpaired) electrons. The molecule has 0 aromatic carbocycles. The Bertz CT molecular complexity index is 1250. The molecule has 3 aromatic rings. The first-order valence-electron chi connectivity index (χ1n) is 12.7. The zero-order valence-electron chi connectivity index (χ0n) is 21.6. The first-order chi connectivity index (χ1) is 18.5. The van der Waals surface area contributed by atoms with E-state index in [-0.39, 0.29) is 31.8 Å². The van der Waals surface area contributed by atoms with Gasteiger partial charge in [0.15, 0.2) is 17.2 Å². The highest BCUT2D eigenvalue weighted by Gasteiger charge is 2.20. The zero-order chi connectivity index (χ0) is 26.9. The van der Waals surface area contributed by atoms with E-state index in [1.165, 1.54) is 6.20 Å². The third kappa shape index (κ3) is 6.95. The fraction of sp³-hybridized carbons (Fsp3) is 0.500. The minimum Gasteiger partial charge on any atom is -0.487 e. The van der Waals surface area contributed by atoms with Gasteiger partial charge in [0.2, 0.25) is 0 Å². The van der Waals surface area contributed by atoms with E-state index in [0.29, 0.717) is 53.9 Å². The van der Waals surface area contributed by atoms with Gasteiger partial charge < -0.3 is 30.0 Å². The fourth-order valence-electron chi connectivity index (χ4n) is 3.82. The van der Waals surface area contributed by atoms with E-state index in [9.17, 15) is 4.79 Å². The molecule has 12 heteroatoms. The molecule has 0 saturated carbocycles. The number of fused-ring (bicyclic) bond motifs is 1. The van der Waals surface area contributed by atoms with Gasteiger partial charge in [0.25, 0.3) is 0 Å². The van der Waals surface area contributed by atoms with Crippen LogP contribution in [0.15, 0.2) is 30.7 Å². The normalized spacial score (nSPS) is 14.8. The van der Waals surface area contributed by atoms with Gasteiger partial charge in [-0.1, -0.05) is 13.8 Å². The average Bonchev–Trinajstić information content (AvgIpc) is 3.35. The Morgan fingerprint density at radius 3 is 2.74 bits per heavy atom. The Labute approximate surface area is 221 Å². The summed E-state index contributed by atoms with van der Waals surface area (Å²) in [5.41, 5.74) is 7.50. The lowest BCUT2D eigenvalue weighted by atomic mass is 10.1. The second kappa shape index (κ2) is 13.1. The van der Waals surface area contributed by atoms with Crippen LogP contribution in [0, 0.1) is 17.2 Å². The quantitative estimate of drug-likeness (QED) is 0.265. The molecule has 0 unspecified atom stereocenters. The molecule has 12 nitrogen and oxygen atoms in total. The summed E-state index contributed by atoms with van der Waals surface area (Å²) in [5.74, 6) is 1.33. The number of nitrogens with one attached hydrogen (secondary N) is 1. The number of nitrogens with two attached hydrogens (primary N) is 1. The SMILES string of the molecule is CC(C)[C@H](N)C(=O)OCCOCCOc1cc2ncn(-c3ccc(C#N)cn3)c2nc1NC1CCOCC1. The van der Waals surface area contributed by atoms with E-state index in [1.807, 2.05) is 19.9 Å². The van der Waals surface area contributed by atoms with E-state index in [2.05, 4.69) is 21.4 Å². The van der Waals surface area contributed by atoms with Crippen molar-refractivity contribution in [1.82, 2.24) is 19.5 Å². The van der Waals surface area contributed by atoms with Gasteiger partial charge in [0, 0.05) is 31.5 Å². The summed E-state index contributed by atoms with van der Waals surface area (Å²) in [6, 6.07) is 6.91. The summed E-state index contributed by atoms with van der Waals surface area (Å²) < 4.78 is 24.0. The van der Waals surface area contributed by atoms with E-state index in [0.717, 1.165) is 12.8 Å². The van der Waals surface area contributed by atoms with Crippen molar-refractivity contribution in [3.05, 3.63) is 36.3 Å². The molecule has 1 aliphatic heterocycles. The Balaban J connectivity index is 1.41. The molecule has 1 saturated heterocycles. The first kappa shape index (κ1) is 27.3. The van der Waals surface area contributed by atoms with Crippen LogP contribution in [-0.4, -0.2) is 77.2 Å². The number of pyridine rings is 2. The Kier molecular flexibility index (Phi) is 9.42. The number of aromatic nitrogens is 4. The molecule has 0 aliphatic carbocycles. The van der Waals surface area contributed by atoms with Gasteiger partial charge in [-0.05, 0) is 30.9 Å². The van der Waals surface area contributed by atoms with Gasteiger partial charge in [-0.15, -0.1) is 0 Å². The van der Waals surface area contributed by atoms with Crippen molar-refractivity contribution in [2.75, 3.05) is 45.0 Å². The number of hydrogen-bond donors (Lipinski definition) is 2. The van der Waals surface area contributed by atoms with E-state index >= 15 is 0 Å². The van der Waals surface area contributed by atoms with Gasteiger partial charge in [0.1, 0.15) is 43.0 Å². The van der Waals surface area contributed by atoms with Crippen LogP contribution in [-0.2, 0) is 19.0 Å². The molecule has 0 amide bonds. The van der Waals surface area contributed by atoms with Crippen molar-refractivity contribution in [2.24, 2.45) is 11.7 Å². The van der Waals surface area contributed by atoms with Crippen molar-refractivity contribution in [1.29, 1.82) is 5.26 Å². The zero-order valence-corrected chi connectivity index (χ0v) is 21.6. The van der Waals surface area contributed by atoms with Gasteiger partial charge in [-0.2, -0.15) is 5.26 Å². The van der Waals surface area contributed by atoms with E-state index in [4.69, 9.17) is 34.9 Å². The summed E-state index contributed by atoms with van der Waals surface area (Å²) in [6.07, 6.45) is 4.87. The summed E-state index contributed by atoms with van der Waals surface area (Å²) in [4.78, 5) is 25.5. The van der Waals surface area contributed by atoms with Crippen molar-refractivity contribution >= 4 is 23.0 Å². The van der Waals surface area contributed by atoms with Crippen LogP contribution in [0.1, 0.15) is 32.3 Å². The number of nitrogens with zero attached hydrogens (tertiary/aromatic N) is 5. The van der Waals surface area contributed by atoms with Gasteiger partial charge in [0.05, 0.1) is 18.8 Å². The summed E-state index contributed by atoms with van der Waals surface area (Å²) in [6.45, 7) is 6.04. The minimum absolute atomic E-state index is 0.0125. The number of ether oxygens (including phenoxy) is 4. The smallest absolute Gasteiger partial charge is 0.323 e. The highest BCUT2D eigenvalue weighted by molar-refractivity contribution is 5.78. The maximum atomic E-state index is 11.8. The number of carbonyl (C=O) groups excluding carboxylic acids is 1. The molecular weight excluding hydrogens is 490 g/mol. The molecule has 0 bridgehead atoms. The number of anilines is 1. The summed E-state index contributed by atoms with van der Waals surface area (Å²) in [7, 11) is 0. The van der Waals surface area contributed by atoms with E-state index < -0.39 is 12.0 Å². The lowest BCUT2D eigenvalue weighted by molar-refractivity contribution is -0.147. The highest BCUT2D eigenvalue weighted by Crippen LogP contribution is 2.29. The molecule has 1 atom stereocenters. The third-order valence-corrected chi connectivity index (χ3v) is 6.12. The van der Waals surface area contributed by atoms with Crippen LogP contribution in [0.2, 0.25) is 0 Å². The maximum Gasteiger partial charge on any atom is 0.323 e. The van der Waals surface area contributed by atoms with Crippen LogP contribution < -0.4 is 15.8 Å². The second-order valence-electron chi connectivity index (χ2n) is 9.24. The Hall–Kier alpha value is -3.79. The van der Waals surface area contributed by atoms with Crippen molar-refractivity contribution in [3.8, 4) is 17.6 Å². The molecule has 202 valence electrons. The van der Waals surface area contributed by atoms with Crippen LogP contribution >= 0.6 is 0 Å². The van der Waals surface area contributed by atoms with Crippen LogP contribution in [0.5, 0.6) is 5.75 Å². The molecule has 0 spiro atoms. The Morgan fingerprint density at radius 2 is 2.03 bits per heavy atom. The number of nitriles is 1. The monoisotopic (exact) mass is 523 g/mol. The average molecular weight is 524 g/mol. The summed E-state index contributed by atoms with van der Waals surface area (Å²) in [5, 5.41) is 12.5. The van der Waals surface area contributed by atoms with Crippen LogP contribution in [0.25, 0.3) is 17.0 Å². The molecule has 1 fully saturated rings. The lowest BCUT2D eigenvalue weighted by Crippen LogP contribution is -2.37. The van der Waals surface area contributed by atoms with E-state index in [1.54, 1.807) is 23.0 Å². The number of rotatable bonds is 12. The number of hydrogen-bond acceptors (Lipinski definition) is 11. The molecule has 38 heavy (non-hydrogen) atoms. The minimum atomic E-state index is -0.640. The largest absolute Gasteiger partial charge is 0.487 e. The van der Waals surface area contributed by atoms with Crippen molar-refractivity contribution < 1.29 is 23.7 Å². The van der Waals surface area contributed by atoms with Crippen LogP contribution in [0.3, 0.4) is 0 Å². The lowest BCUT2D eigenvalue weighted by Gasteiger charge is -2.24. The molecule has 4 heterocycles. The number of carbonyl (C=O) groups is 1. The third-order valence-electron chi connectivity index (χ3n) is 6.12. The molecule has 1 aliphatic rings. The molecule has 3 N–H and O–H groups in total. The predicted octanol–water partition coefficient (Wildman–Crippen LogP) is 2.20. The van der Waals surface area contributed by atoms with Crippen LogP contribution in [0.4, 0.5) is 5.82 Å². The van der Waals surface area contributed by atoms with Gasteiger partial charge in [-0.25, -0.2) is 15.0 Å². The molecule has 4 rings (SSSR count). The predicted molar refractivity (Wildman–Crippen MR) is 139 cm³/mol. The van der Waals surface area contributed by atoms with Crippen molar-refractivity contribution in [3.63, 3.8) is 0 Å². The molecular formula is C26H33N7O5. The maximum absolute atomic E-state index is 11.8. The van der Waals surface area contributed by atoms with Crippen molar-refractivity contribution in [2.45, 2.75) is 38.8 Å². The highest BCUT2D eigenvalue weighted by atomic mass is 16.6. The topological polar surface area (TPSA) is 159 Å². The second-order valence-corrected chi connectivity index (χ2v) is 9.24. The first-order valence-corrected chi connectivity index (χ1v) is 12.7. The summed E-state index contributed by atoms with van der Waals surface area (Å²) >= 11 is 0. The fourth-order valence-corrected chi connectivity index (χ4v) is 3.82. The number of imidazole rings is 1. The Morgan fingerprint density at radius 1 is 1.24 bits per heavy atom. The standard InChI is InChI=1S/C26H33N7O5/c1-17(2)23(28)26(34)38-12-10-36-9-11-37-21-13-20-25(32-24(21)31-19-5-7-35-8-6-19)33(16-30-20)22-4-3-18(14-27)15-29-22/h3-4,13,15-17,19,23H,5-12,28H2,1-2H3,(H,31,32)/t23-/m0/s1. The number of esters is 1. The molecule has 3 aromatic heterocycles.